The van der Waals surface area contributed by atoms with E-state index in [0.717, 1.165) is 11.4 Å². The topological polar surface area (TPSA) is 52.8 Å². The lowest BCUT2D eigenvalue weighted by Gasteiger charge is -2.23. The smallest absolute Gasteiger partial charge is 0.224 e. The molecular formula is C14H13ClN4. The highest BCUT2D eigenvalue weighted by Crippen LogP contribution is 2.24. The fourth-order valence-electron chi connectivity index (χ4n) is 1.80. The van der Waals surface area contributed by atoms with Crippen molar-refractivity contribution in [2.24, 2.45) is 0 Å². The molecule has 4 nitrogen and oxygen atoms in total. The van der Waals surface area contributed by atoms with E-state index in [-0.39, 0.29) is 5.28 Å². The summed E-state index contributed by atoms with van der Waals surface area (Å²) in [7, 11) is 0. The molecule has 0 N–H and O–H groups in total. The zero-order valence-electron chi connectivity index (χ0n) is 10.5. The Kier molecular flexibility index (Phi) is 4.32. The fourth-order valence-corrected chi connectivity index (χ4v) is 2.02. The van der Waals surface area contributed by atoms with Crippen LogP contribution < -0.4 is 4.90 Å². The normalized spacial score (nSPS) is 9.95. The third kappa shape index (κ3) is 3.43. The largest absolute Gasteiger partial charge is 0.325 e. The van der Waals surface area contributed by atoms with Gasteiger partial charge < -0.3 is 4.90 Å². The number of nitriles is 1. The van der Waals surface area contributed by atoms with Crippen LogP contribution >= 0.6 is 11.6 Å². The second-order valence-corrected chi connectivity index (χ2v) is 4.37. The van der Waals surface area contributed by atoms with Crippen LogP contribution in [-0.4, -0.2) is 16.5 Å². The number of rotatable bonds is 4. The molecule has 0 aliphatic heterocycles. The standard InChI is InChI=1S/C14H13ClN4/c1-11-10-13(18-14(15)17-11)19(9-5-8-16)12-6-3-2-4-7-12/h2-4,6-7,10H,5,9H2,1H3. The zero-order chi connectivity index (χ0) is 13.7. The molecule has 0 atom stereocenters. The predicted octanol–water partition coefficient (Wildman–Crippen LogP) is 3.49. The highest BCUT2D eigenvalue weighted by molar-refractivity contribution is 6.28. The van der Waals surface area contributed by atoms with E-state index in [2.05, 4.69) is 16.0 Å². The first-order chi connectivity index (χ1) is 9.20. The van der Waals surface area contributed by atoms with E-state index in [0.29, 0.717) is 18.8 Å². The Balaban J connectivity index is 2.40. The number of nitrogens with zero attached hydrogens (tertiary/aromatic N) is 4. The third-order valence-corrected chi connectivity index (χ3v) is 2.77. The molecule has 0 amide bonds. The molecule has 0 unspecified atom stereocenters. The molecule has 0 fully saturated rings. The summed E-state index contributed by atoms with van der Waals surface area (Å²) >= 11 is 5.90. The van der Waals surface area contributed by atoms with E-state index in [9.17, 15) is 0 Å². The molecule has 96 valence electrons. The van der Waals surface area contributed by atoms with Crippen molar-refractivity contribution in [3.63, 3.8) is 0 Å². The average molecular weight is 273 g/mol. The van der Waals surface area contributed by atoms with Crippen LogP contribution in [0.25, 0.3) is 0 Å². The first kappa shape index (κ1) is 13.3. The Morgan fingerprint density at radius 1 is 1.26 bits per heavy atom. The summed E-state index contributed by atoms with van der Waals surface area (Å²) in [4.78, 5) is 10.2. The van der Waals surface area contributed by atoms with Crippen LogP contribution in [0, 0.1) is 18.3 Å². The minimum atomic E-state index is 0.216. The lowest BCUT2D eigenvalue weighted by molar-refractivity contribution is 0.915. The molecule has 0 aliphatic carbocycles. The number of aryl methyl sites for hydroxylation is 1. The van der Waals surface area contributed by atoms with E-state index < -0.39 is 0 Å². The lowest BCUT2D eigenvalue weighted by Crippen LogP contribution is -2.19. The van der Waals surface area contributed by atoms with E-state index in [1.807, 2.05) is 48.2 Å². The van der Waals surface area contributed by atoms with Crippen molar-refractivity contribution >= 4 is 23.1 Å². The third-order valence-electron chi connectivity index (χ3n) is 2.61. The van der Waals surface area contributed by atoms with E-state index in [1.165, 1.54) is 0 Å². The van der Waals surface area contributed by atoms with Gasteiger partial charge in [-0.3, -0.25) is 0 Å². The van der Waals surface area contributed by atoms with Crippen LogP contribution in [0.3, 0.4) is 0 Å². The Labute approximate surface area is 117 Å². The fraction of sp³-hybridized carbons (Fsp3) is 0.214. The van der Waals surface area contributed by atoms with Crippen LogP contribution in [0.2, 0.25) is 5.28 Å². The quantitative estimate of drug-likeness (QED) is 0.800. The molecule has 1 aromatic heterocycles. The van der Waals surface area contributed by atoms with Crippen LogP contribution in [0.15, 0.2) is 36.4 Å². The molecule has 5 heteroatoms. The highest BCUT2D eigenvalue weighted by Gasteiger charge is 2.11. The number of aromatic nitrogens is 2. The van der Waals surface area contributed by atoms with Crippen molar-refractivity contribution in [1.29, 1.82) is 5.26 Å². The van der Waals surface area contributed by atoms with Crippen LogP contribution in [0.5, 0.6) is 0 Å². The van der Waals surface area contributed by atoms with Crippen molar-refractivity contribution in [3.05, 3.63) is 47.4 Å². The van der Waals surface area contributed by atoms with Crippen LogP contribution in [-0.2, 0) is 0 Å². The van der Waals surface area contributed by atoms with E-state index in [4.69, 9.17) is 16.9 Å². The maximum Gasteiger partial charge on any atom is 0.224 e. The summed E-state index contributed by atoms with van der Waals surface area (Å²) in [5.74, 6) is 0.707. The van der Waals surface area contributed by atoms with Gasteiger partial charge in [-0.1, -0.05) is 18.2 Å². The van der Waals surface area contributed by atoms with Crippen molar-refractivity contribution in [2.75, 3.05) is 11.4 Å². The molecule has 0 radical (unpaired) electrons. The van der Waals surface area contributed by atoms with Gasteiger partial charge in [0.1, 0.15) is 5.82 Å². The van der Waals surface area contributed by atoms with Gasteiger partial charge in [0.15, 0.2) is 0 Å². The second-order valence-electron chi connectivity index (χ2n) is 4.03. The highest BCUT2D eigenvalue weighted by atomic mass is 35.5. The van der Waals surface area contributed by atoms with Crippen molar-refractivity contribution in [3.8, 4) is 6.07 Å². The molecule has 2 rings (SSSR count). The maximum atomic E-state index is 8.78. The minimum absolute atomic E-state index is 0.216. The lowest BCUT2D eigenvalue weighted by atomic mass is 10.2. The molecule has 19 heavy (non-hydrogen) atoms. The summed E-state index contributed by atoms with van der Waals surface area (Å²) in [5, 5.41) is 9.00. The number of para-hydroxylation sites is 1. The van der Waals surface area contributed by atoms with Crippen molar-refractivity contribution in [2.45, 2.75) is 13.3 Å². The summed E-state index contributed by atoms with van der Waals surface area (Å²) in [6.07, 6.45) is 0.412. The molecule has 0 bridgehead atoms. The van der Waals surface area contributed by atoms with Gasteiger partial charge in [-0.05, 0) is 30.7 Å². The Morgan fingerprint density at radius 2 is 2.00 bits per heavy atom. The summed E-state index contributed by atoms with van der Waals surface area (Å²) in [5.41, 5.74) is 1.78. The van der Waals surface area contributed by atoms with Gasteiger partial charge in [0.05, 0.1) is 12.5 Å². The summed E-state index contributed by atoms with van der Waals surface area (Å²) in [6.45, 7) is 2.43. The second kappa shape index (κ2) is 6.17. The molecule has 0 saturated heterocycles. The molecule has 0 aliphatic rings. The van der Waals surface area contributed by atoms with E-state index in [1.54, 1.807) is 0 Å². The van der Waals surface area contributed by atoms with Crippen LogP contribution in [0.4, 0.5) is 11.5 Å². The molecule has 0 saturated carbocycles. The van der Waals surface area contributed by atoms with Gasteiger partial charge >= 0.3 is 0 Å². The number of anilines is 2. The minimum Gasteiger partial charge on any atom is -0.325 e. The number of hydrogen-bond donors (Lipinski definition) is 0. The maximum absolute atomic E-state index is 8.78. The Bertz CT molecular complexity index is 572. The van der Waals surface area contributed by atoms with Crippen LogP contribution in [0.1, 0.15) is 12.1 Å². The van der Waals surface area contributed by atoms with Gasteiger partial charge in [-0.2, -0.15) is 5.26 Å². The predicted molar refractivity (Wildman–Crippen MR) is 75.5 cm³/mol. The van der Waals surface area contributed by atoms with E-state index >= 15 is 0 Å². The Morgan fingerprint density at radius 3 is 2.63 bits per heavy atom. The molecule has 2 aromatic rings. The summed E-state index contributed by atoms with van der Waals surface area (Å²) in [6, 6.07) is 13.8. The first-order valence-electron chi connectivity index (χ1n) is 5.91. The zero-order valence-corrected chi connectivity index (χ0v) is 11.3. The monoisotopic (exact) mass is 272 g/mol. The number of halogens is 1. The first-order valence-corrected chi connectivity index (χ1v) is 6.29. The summed E-state index contributed by atoms with van der Waals surface area (Å²) < 4.78 is 0. The molecular weight excluding hydrogens is 260 g/mol. The number of hydrogen-bond acceptors (Lipinski definition) is 4. The molecule has 1 aromatic carbocycles. The van der Waals surface area contributed by atoms with Gasteiger partial charge in [0, 0.05) is 24.0 Å². The van der Waals surface area contributed by atoms with Crippen molar-refractivity contribution in [1.82, 2.24) is 9.97 Å². The van der Waals surface area contributed by atoms with Gasteiger partial charge in [0.25, 0.3) is 0 Å². The average Bonchev–Trinajstić information content (AvgIpc) is 2.39. The molecule has 1 heterocycles. The number of benzene rings is 1. The Hall–Kier alpha value is -2.12. The van der Waals surface area contributed by atoms with Gasteiger partial charge in [-0.25, -0.2) is 9.97 Å². The van der Waals surface area contributed by atoms with Gasteiger partial charge in [0.2, 0.25) is 5.28 Å². The molecule has 0 spiro atoms. The van der Waals surface area contributed by atoms with Crippen molar-refractivity contribution < 1.29 is 0 Å². The SMILES string of the molecule is Cc1cc(N(CCC#N)c2ccccc2)nc(Cl)n1. The van der Waals surface area contributed by atoms with Gasteiger partial charge in [-0.15, -0.1) is 0 Å².